The highest BCUT2D eigenvalue weighted by Crippen LogP contribution is 2.20. The summed E-state index contributed by atoms with van der Waals surface area (Å²) in [6.07, 6.45) is 1.52. The van der Waals surface area contributed by atoms with Gasteiger partial charge in [-0.3, -0.25) is 9.59 Å². The van der Waals surface area contributed by atoms with E-state index in [-0.39, 0.29) is 24.0 Å². The van der Waals surface area contributed by atoms with Crippen LogP contribution in [-0.4, -0.2) is 61.7 Å². The molecular weight excluding hydrogens is 449 g/mol. The van der Waals surface area contributed by atoms with Crippen molar-refractivity contribution in [2.24, 2.45) is 0 Å². The molecule has 1 aliphatic heterocycles. The van der Waals surface area contributed by atoms with Crippen LogP contribution in [0, 0.1) is 5.82 Å². The molecule has 2 amide bonds. The van der Waals surface area contributed by atoms with Gasteiger partial charge in [-0.25, -0.2) is 4.39 Å². The maximum Gasteiger partial charge on any atom is 0.240 e. The molecule has 2 aromatic rings. The van der Waals surface area contributed by atoms with E-state index in [9.17, 15) is 14.0 Å². The number of nitrogens with one attached hydrogen (secondary N) is 2. The van der Waals surface area contributed by atoms with E-state index < -0.39 is 11.9 Å². The Balaban J connectivity index is 1.65. The molecule has 1 fully saturated rings. The van der Waals surface area contributed by atoms with Gasteiger partial charge in [0, 0.05) is 52.2 Å². The number of carbonyl (C=O) groups excluding carboxylic acids is 2. The summed E-state index contributed by atoms with van der Waals surface area (Å²) in [5, 5.41) is 6.22. The zero-order valence-electron chi connectivity index (χ0n) is 20.8. The summed E-state index contributed by atoms with van der Waals surface area (Å²) < 4.78 is 25.2. The van der Waals surface area contributed by atoms with Gasteiger partial charge in [-0.2, -0.15) is 0 Å². The maximum absolute atomic E-state index is 14.3. The number of halogens is 1. The molecule has 1 saturated heterocycles. The zero-order valence-corrected chi connectivity index (χ0v) is 20.8. The van der Waals surface area contributed by atoms with Crippen molar-refractivity contribution in [1.82, 2.24) is 15.5 Å². The number of methoxy groups -OCH3 is 1. The molecule has 8 heteroatoms. The number of ether oxygens (including phenoxy) is 2. The van der Waals surface area contributed by atoms with Gasteiger partial charge in [0.05, 0.1) is 18.8 Å². The minimum atomic E-state index is -0.427. The van der Waals surface area contributed by atoms with Crippen molar-refractivity contribution in [3.63, 3.8) is 0 Å². The smallest absolute Gasteiger partial charge is 0.240 e. The predicted octanol–water partition coefficient (Wildman–Crippen LogP) is 3.07. The summed E-state index contributed by atoms with van der Waals surface area (Å²) in [4.78, 5) is 26.9. The molecule has 0 aromatic heterocycles. The van der Waals surface area contributed by atoms with Crippen LogP contribution in [0.25, 0.3) is 0 Å². The second-order valence-corrected chi connectivity index (χ2v) is 9.07. The average Bonchev–Trinajstić information content (AvgIpc) is 2.81. The third-order valence-electron chi connectivity index (χ3n) is 6.13. The van der Waals surface area contributed by atoms with E-state index in [1.807, 2.05) is 42.2 Å². The van der Waals surface area contributed by atoms with Crippen LogP contribution in [0.3, 0.4) is 0 Å². The number of rotatable bonds is 12. The van der Waals surface area contributed by atoms with Crippen LogP contribution in [0.2, 0.25) is 0 Å². The highest BCUT2D eigenvalue weighted by atomic mass is 19.1. The van der Waals surface area contributed by atoms with E-state index in [4.69, 9.17) is 9.47 Å². The van der Waals surface area contributed by atoms with Crippen molar-refractivity contribution in [1.29, 1.82) is 0 Å². The van der Waals surface area contributed by atoms with Crippen molar-refractivity contribution in [2.45, 2.75) is 57.8 Å². The van der Waals surface area contributed by atoms with E-state index in [1.54, 1.807) is 13.2 Å². The molecule has 0 spiro atoms. The normalized spacial score (nSPS) is 17.7. The van der Waals surface area contributed by atoms with Crippen LogP contribution >= 0.6 is 0 Å². The minimum absolute atomic E-state index is 0.00554. The third-order valence-corrected chi connectivity index (χ3v) is 6.13. The second kappa shape index (κ2) is 13.2. The van der Waals surface area contributed by atoms with Gasteiger partial charge in [0.1, 0.15) is 11.6 Å². The third kappa shape index (κ3) is 8.64. The van der Waals surface area contributed by atoms with E-state index >= 15 is 0 Å². The van der Waals surface area contributed by atoms with Crippen molar-refractivity contribution < 1.29 is 23.5 Å². The molecule has 2 aromatic carbocycles. The van der Waals surface area contributed by atoms with Crippen molar-refractivity contribution >= 4 is 11.8 Å². The molecule has 2 N–H and O–H groups in total. The van der Waals surface area contributed by atoms with Crippen molar-refractivity contribution in [3.05, 3.63) is 65.5 Å². The fourth-order valence-corrected chi connectivity index (χ4v) is 4.27. The Labute approximate surface area is 207 Å². The molecule has 35 heavy (non-hydrogen) atoms. The fourth-order valence-electron chi connectivity index (χ4n) is 4.27. The Kier molecular flexibility index (Phi) is 10.0. The number of hydrogen-bond acceptors (Lipinski definition) is 5. The molecular formula is C27H36FN3O4. The SMILES string of the molecule is COC(C)CCOc1cc(F)cc(C[C@@H](C[C@@H]2NCCN(Cc3ccccc3)C2=O)NC(C)=O)c1. The molecule has 3 rings (SSSR count). The van der Waals surface area contributed by atoms with Gasteiger partial charge in [0.2, 0.25) is 11.8 Å². The summed E-state index contributed by atoms with van der Waals surface area (Å²) in [6.45, 7) is 5.65. The van der Waals surface area contributed by atoms with E-state index in [1.165, 1.54) is 19.1 Å². The molecule has 7 nitrogen and oxygen atoms in total. The summed E-state index contributed by atoms with van der Waals surface area (Å²) in [6, 6.07) is 13.7. The second-order valence-electron chi connectivity index (χ2n) is 9.07. The lowest BCUT2D eigenvalue weighted by Gasteiger charge is -2.35. The Morgan fingerprint density at radius 3 is 2.71 bits per heavy atom. The van der Waals surface area contributed by atoms with Crippen LogP contribution in [0.1, 0.15) is 37.8 Å². The van der Waals surface area contributed by atoms with Crippen molar-refractivity contribution in [3.8, 4) is 5.75 Å². The van der Waals surface area contributed by atoms with Crippen molar-refractivity contribution in [2.75, 3.05) is 26.8 Å². The molecule has 1 unspecified atom stereocenters. The van der Waals surface area contributed by atoms with Crippen LogP contribution in [0.4, 0.5) is 4.39 Å². The highest BCUT2D eigenvalue weighted by Gasteiger charge is 2.31. The summed E-state index contributed by atoms with van der Waals surface area (Å²) in [5.41, 5.74) is 1.77. The molecule has 190 valence electrons. The number of benzene rings is 2. The zero-order chi connectivity index (χ0) is 25.2. The lowest BCUT2D eigenvalue weighted by atomic mass is 9.97. The summed E-state index contributed by atoms with van der Waals surface area (Å²) >= 11 is 0. The Morgan fingerprint density at radius 2 is 2.00 bits per heavy atom. The molecule has 1 heterocycles. The molecule has 3 atom stereocenters. The monoisotopic (exact) mass is 485 g/mol. The van der Waals surface area contributed by atoms with Crippen LogP contribution < -0.4 is 15.4 Å². The van der Waals surface area contributed by atoms with Gasteiger partial charge in [-0.15, -0.1) is 0 Å². The first kappa shape index (κ1) is 26.6. The van der Waals surface area contributed by atoms with Gasteiger partial charge in [0.25, 0.3) is 0 Å². The van der Waals surface area contributed by atoms with Gasteiger partial charge in [-0.05, 0) is 43.0 Å². The largest absolute Gasteiger partial charge is 0.493 e. The standard InChI is InChI=1S/C27H36FN3O4/c1-19(34-3)9-12-35-25-15-22(13-23(28)16-25)14-24(30-20(2)32)17-26-27(33)31(11-10-29-26)18-21-7-5-4-6-8-21/h4-8,13,15-16,19,24,26,29H,9-12,14,17-18H2,1-3H3,(H,30,32)/t19?,24-,26-/m0/s1. The number of nitrogens with zero attached hydrogens (tertiary/aromatic N) is 1. The number of hydrogen-bond donors (Lipinski definition) is 2. The summed E-state index contributed by atoms with van der Waals surface area (Å²) in [7, 11) is 1.64. The topological polar surface area (TPSA) is 79.9 Å². The Bertz CT molecular complexity index is 972. The molecule has 0 radical (unpaired) electrons. The lowest BCUT2D eigenvalue weighted by Crippen LogP contribution is -2.56. The van der Waals surface area contributed by atoms with Gasteiger partial charge in [0.15, 0.2) is 0 Å². The highest BCUT2D eigenvalue weighted by molar-refractivity contribution is 5.83. The van der Waals surface area contributed by atoms with Crippen LogP contribution in [0.15, 0.2) is 48.5 Å². The molecule has 0 bridgehead atoms. The number of carbonyl (C=O) groups is 2. The average molecular weight is 486 g/mol. The molecule has 0 saturated carbocycles. The van der Waals surface area contributed by atoms with Gasteiger partial charge < -0.3 is 25.0 Å². The van der Waals surface area contributed by atoms with E-state index in [0.717, 1.165) is 5.56 Å². The Hall–Kier alpha value is -2.97. The first-order valence-corrected chi connectivity index (χ1v) is 12.1. The van der Waals surface area contributed by atoms with Gasteiger partial charge in [-0.1, -0.05) is 30.3 Å². The number of amides is 2. The molecule has 1 aliphatic rings. The number of piperazine rings is 1. The van der Waals surface area contributed by atoms with Crippen LogP contribution in [-0.2, 0) is 27.3 Å². The van der Waals surface area contributed by atoms with E-state index in [0.29, 0.717) is 56.8 Å². The molecule has 0 aliphatic carbocycles. The Morgan fingerprint density at radius 1 is 1.23 bits per heavy atom. The quantitative estimate of drug-likeness (QED) is 0.483. The fraction of sp³-hybridized carbons (Fsp3) is 0.481. The lowest BCUT2D eigenvalue weighted by molar-refractivity contribution is -0.137. The first-order chi connectivity index (χ1) is 16.8. The first-order valence-electron chi connectivity index (χ1n) is 12.1. The van der Waals surface area contributed by atoms with Crippen LogP contribution in [0.5, 0.6) is 5.75 Å². The minimum Gasteiger partial charge on any atom is -0.493 e. The predicted molar refractivity (Wildman–Crippen MR) is 133 cm³/mol. The maximum atomic E-state index is 14.3. The van der Waals surface area contributed by atoms with Gasteiger partial charge >= 0.3 is 0 Å². The summed E-state index contributed by atoms with van der Waals surface area (Å²) in [5.74, 6) is -0.155. The van der Waals surface area contributed by atoms with E-state index in [2.05, 4.69) is 10.6 Å².